The Hall–Kier alpha value is -1.04. The third kappa shape index (κ3) is 2.39. The smallest absolute Gasteiger partial charge is 0.203 e. The highest BCUT2D eigenvalue weighted by atomic mass is 32.2. The van der Waals surface area contributed by atoms with Crippen molar-refractivity contribution in [1.29, 1.82) is 0 Å². The second-order valence-electron chi connectivity index (χ2n) is 5.34. The van der Waals surface area contributed by atoms with E-state index in [-0.39, 0.29) is 11.8 Å². The predicted octanol–water partition coefficient (Wildman–Crippen LogP) is 1.60. The second-order valence-corrected chi connectivity index (χ2v) is 7.57. The highest BCUT2D eigenvalue weighted by molar-refractivity contribution is 7.91. The number of anilines is 1. The molecule has 6 heteroatoms. The molecule has 0 spiro atoms. The summed E-state index contributed by atoms with van der Waals surface area (Å²) in [6, 6.07) is 0.561. The normalized spacial score (nSPS) is 27.7. The van der Waals surface area contributed by atoms with Crippen molar-refractivity contribution in [2.24, 2.45) is 0 Å². The van der Waals surface area contributed by atoms with Gasteiger partial charge in [0.25, 0.3) is 0 Å². The second kappa shape index (κ2) is 4.57. The van der Waals surface area contributed by atoms with Gasteiger partial charge in [-0.2, -0.15) is 0 Å². The van der Waals surface area contributed by atoms with Gasteiger partial charge in [0.2, 0.25) is 5.95 Å². The van der Waals surface area contributed by atoms with Crippen molar-refractivity contribution in [2.45, 2.75) is 44.2 Å². The number of hydrogen-bond acceptors (Lipinski definition) is 4. The van der Waals surface area contributed by atoms with Crippen molar-refractivity contribution in [3.63, 3.8) is 0 Å². The Kier molecular flexibility index (Phi) is 3.05. The molecule has 1 aromatic rings. The predicted molar refractivity (Wildman–Crippen MR) is 70.4 cm³/mol. The van der Waals surface area contributed by atoms with Crippen LogP contribution < -0.4 is 5.32 Å². The Balaban J connectivity index is 1.71. The van der Waals surface area contributed by atoms with Gasteiger partial charge < -0.3 is 9.88 Å². The molecule has 5 nitrogen and oxygen atoms in total. The van der Waals surface area contributed by atoms with E-state index in [4.69, 9.17) is 0 Å². The highest BCUT2D eigenvalue weighted by Crippen LogP contribution is 2.31. The van der Waals surface area contributed by atoms with Crippen LogP contribution in [0.2, 0.25) is 0 Å². The molecule has 0 radical (unpaired) electrons. The third-order valence-corrected chi connectivity index (χ3v) is 5.72. The lowest BCUT2D eigenvalue weighted by Crippen LogP contribution is -2.23. The van der Waals surface area contributed by atoms with Crippen molar-refractivity contribution >= 4 is 15.8 Å². The molecule has 1 aliphatic carbocycles. The van der Waals surface area contributed by atoms with Crippen LogP contribution in [0, 0.1) is 0 Å². The van der Waals surface area contributed by atoms with Gasteiger partial charge in [-0.3, -0.25) is 0 Å². The largest absolute Gasteiger partial charge is 0.352 e. The third-order valence-electron chi connectivity index (χ3n) is 3.95. The minimum absolute atomic E-state index is 0.0255. The quantitative estimate of drug-likeness (QED) is 0.905. The summed E-state index contributed by atoms with van der Waals surface area (Å²) in [5, 5.41) is 3.29. The molecule has 18 heavy (non-hydrogen) atoms. The molecule has 3 rings (SSSR count). The monoisotopic (exact) mass is 269 g/mol. The molecule has 1 N–H and O–H groups in total. The van der Waals surface area contributed by atoms with Crippen LogP contribution in [0.25, 0.3) is 0 Å². The number of hydrogen-bond donors (Lipinski definition) is 1. The fourth-order valence-electron chi connectivity index (χ4n) is 2.99. The van der Waals surface area contributed by atoms with Crippen molar-refractivity contribution in [3.05, 3.63) is 12.4 Å². The standard InChI is InChI=1S/C12H19N3O2S/c16-18(17)8-5-10(9-18)14-12-13-6-7-15(12)11-3-1-2-4-11/h6-7,10-11H,1-5,8-9H2,(H,13,14). The maximum Gasteiger partial charge on any atom is 0.203 e. The van der Waals surface area contributed by atoms with Gasteiger partial charge in [-0.25, -0.2) is 13.4 Å². The zero-order valence-corrected chi connectivity index (χ0v) is 11.2. The summed E-state index contributed by atoms with van der Waals surface area (Å²) in [7, 11) is -2.83. The average Bonchev–Trinajstić information content (AvgIpc) is 2.99. The van der Waals surface area contributed by atoms with Gasteiger partial charge in [0.05, 0.1) is 11.5 Å². The van der Waals surface area contributed by atoms with E-state index in [1.165, 1.54) is 25.7 Å². The number of rotatable bonds is 3. The molecule has 2 fully saturated rings. The number of nitrogens with one attached hydrogen (secondary N) is 1. The maximum atomic E-state index is 11.4. The first kappa shape index (κ1) is 12.0. The molecule has 2 heterocycles. The maximum absolute atomic E-state index is 11.4. The van der Waals surface area contributed by atoms with Crippen LogP contribution in [0.4, 0.5) is 5.95 Å². The molecule has 1 saturated carbocycles. The molecule has 0 aromatic carbocycles. The lowest BCUT2D eigenvalue weighted by atomic mass is 10.2. The van der Waals surface area contributed by atoms with Gasteiger partial charge in [0.1, 0.15) is 0 Å². The molecule has 0 amide bonds. The van der Waals surface area contributed by atoms with E-state index in [9.17, 15) is 8.42 Å². The molecule has 1 unspecified atom stereocenters. The summed E-state index contributed by atoms with van der Waals surface area (Å²) in [6.07, 6.45) is 9.45. The van der Waals surface area contributed by atoms with Crippen molar-refractivity contribution in [1.82, 2.24) is 9.55 Å². The van der Waals surface area contributed by atoms with Gasteiger partial charge in [0, 0.05) is 24.5 Å². The van der Waals surface area contributed by atoms with Gasteiger partial charge in [-0.15, -0.1) is 0 Å². The first-order chi connectivity index (χ1) is 8.64. The zero-order valence-electron chi connectivity index (χ0n) is 10.4. The Morgan fingerprint density at radius 1 is 1.28 bits per heavy atom. The molecule has 100 valence electrons. The molecule has 1 aliphatic heterocycles. The van der Waals surface area contributed by atoms with E-state index in [1.807, 2.05) is 6.20 Å². The summed E-state index contributed by atoms with van der Waals surface area (Å²) in [4.78, 5) is 4.33. The Morgan fingerprint density at radius 2 is 2.06 bits per heavy atom. The van der Waals surface area contributed by atoms with Crippen molar-refractivity contribution < 1.29 is 8.42 Å². The fraction of sp³-hybridized carbons (Fsp3) is 0.750. The summed E-state index contributed by atoms with van der Waals surface area (Å²) in [5.41, 5.74) is 0. The topological polar surface area (TPSA) is 64.0 Å². The van der Waals surface area contributed by atoms with Crippen LogP contribution in [0.1, 0.15) is 38.1 Å². The van der Waals surface area contributed by atoms with E-state index in [1.54, 1.807) is 6.20 Å². The lowest BCUT2D eigenvalue weighted by molar-refractivity contribution is 0.520. The van der Waals surface area contributed by atoms with Gasteiger partial charge >= 0.3 is 0 Å². The van der Waals surface area contributed by atoms with Crippen molar-refractivity contribution in [3.8, 4) is 0 Å². The number of imidazole rings is 1. The first-order valence-electron chi connectivity index (χ1n) is 6.64. The number of sulfone groups is 1. The van der Waals surface area contributed by atoms with Crippen LogP contribution in [0.5, 0.6) is 0 Å². The molecule has 2 aliphatic rings. The molecule has 1 aromatic heterocycles. The summed E-state index contributed by atoms with van der Waals surface area (Å²) < 4.78 is 25.1. The van der Waals surface area contributed by atoms with Gasteiger partial charge in [-0.05, 0) is 19.3 Å². The Morgan fingerprint density at radius 3 is 2.72 bits per heavy atom. The van der Waals surface area contributed by atoms with E-state index in [2.05, 4.69) is 14.9 Å². The van der Waals surface area contributed by atoms with Gasteiger partial charge in [0.15, 0.2) is 9.84 Å². The summed E-state index contributed by atoms with van der Waals surface area (Å²) in [6.45, 7) is 0. The molecule has 0 bridgehead atoms. The first-order valence-corrected chi connectivity index (χ1v) is 8.46. The van der Waals surface area contributed by atoms with E-state index in [0.717, 1.165) is 5.95 Å². The Labute approximate surface area is 108 Å². The minimum atomic E-state index is -2.83. The molecular formula is C12H19N3O2S. The van der Waals surface area contributed by atoms with Crippen LogP contribution in [0.15, 0.2) is 12.4 Å². The molecule has 1 saturated heterocycles. The van der Waals surface area contributed by atoms with Crippen LogP contribution in [-0.2, 0) is 9.84 Å². The lowest BCUT2D eigenvalue weighted by Gasteiger charge is -2.18. The Bertz CT molecular complexity index is 517. The van der Waals surface area contributed by atoms with Crippen LogP contribution in [0.3, 0.4) is 0 Å². The highest BCUT2D eigenvalue weighted by Gasteiger charge is 2.29. The summed E-state index contributed by atoms with van der Waals surface area (Å²) in [5.74, 6) is 1.38. The van der Waals surface area contributed by atoms with Crippen molar-refractivity contribution in [2.75, 3.05) is 16.8 Å². The van der Waals surface area contributed by atoms with Crippen LogP contribution in [-0.4, -0.2) is 35.5 Å². The molecule has 1 atom stereocenters. The van der Waals surface area contributed by atoms with Gasteiger partial charge in [-0.1, -0.05) is 12.8 Å². The number of aromatic nitrogens is 2. The summed E-state index contributed by atoms with van der Waals surface area (Å²) >= 11 is 0. The molecular weight excluding hydrogens is 250 g/mol. The van der Waals surface area contributed by atoms with E-state index < -0.39 is 9.84 Å². The minimum Gasteiger partial charge on any atom is -0.352 e. The SMILES string of the molecule is O=S1(=O)CCC(Nc2nccn2C2CCCC2)C1. The number of nitrogens with zero attached hydrogens (tertiary/aromatic N) is 2. The van der Waals surface area contributed by atoms with E-state index >= 15 is 0 Å². The zero-order chi connectivity index (χ0) is 12.6. The van der Waals surface area contributed by atoms with Crippen LogP contribution >= 0.6 is 0 Å². The average molecular weight is 269 g/mol. The fourth-order valence-corrected chi connectivity index (χ4v) is 4.67. The van der Waals surface area contributed by atoms with E-state index in [0.29, 0.717) is 18.2 Å².